The van der Waals surface area contributed by atoms with Gasteiger partial charge in [-0.05, 0) is 57.4 Å². The average molecular weight is 1160 g/mol. The van der Waals surface area contributed by atoms with Gasteiger partial charge in [-0.3, -0.25) is 0 Å². The fraction of sp³-hybridized carbons (Fsp3) is 0.831. The number of benzene rings is 1. The third-order valence-electron chi connectivity index (χ3n) is 17.3. The number of unbranched alkanes of at least 4 members (excludes halogenated alkanes) is 40. The highest BCUT2D eigenvalue weighted by molar-refractivity contribution is 6.04. The average Bonchev–Trinajstić information content (AvgIpc) is 3.67. The van der Waals surface area contributed by atoms with Crippen LogP contribution in [0.5, 0.6) is 11.5 Å². The highest BCUT2D eigenvalue weighted by Gasteiger charge is 2.28. The van der Waals surface area contributed by atoms with Crippen LogP contribution in [0, 0.1) is 0 Å². The van der Waals surface area contributed by atoms with Crippen molar-refractivity contribution in [3.05, 3.63) is 46.9 Å². The fourth-order valence-electron chi connectivity index (χ4n) is 11.8. The first-order valence-electron chi connectivity index (χ1n) is 37.2. The van der Waals surface area contributed by atoms with Crippen LogP contribution in [0.25, 0.3) is 6.08 Å². The Morgan fingerprint density at radius 3 is 0.892 bits per heavy atom. The van der Waals surface area contributed by atoms with Crippen LogP contribution < -0.4 is 14.4 Å². The van der Waals surface area contributed by atoms with Crippen molar-refractivity contribution in [2.24, 2.45) is 0 Å². The molecule has 0 fully saturated rings. The maximum Gasteiger partial charge on any atom is 0.207 e. The molecule has 0 unspecified atom stereocenters. The van der Waals surface area contributed by atoms with Crippen molar-refractivity contribution in [1.82, 2.24) is 0 Å². The Hall–Kier alpha value is -2.89. The van der Waals surface area contributed by atoms with E-state index >= 15 is 0 Å². The van der Waals surface area contributed by atoms with Gasteiger partial charge in [-0.2, -0.15) is 0 Å². The first-order valence-corrected chi connectivity index (χ1v) is 37.2. The normalized spacial score (nSPS) is 12.5. The van der Waals surface area contributed by atoms with Crippen LogP contribution >= 0.6 is 0 Å². The lowest BCUT2D eigenvalue weighted by molar-refractivity contribution is -0.527. The van der Waals surface area contributed by atoms with E-state index in [1.807, 2.05) is 0 Å². The van der Waals surface area contributed by atoms with Gasteiger partial charge in [-0.25, -0.2) is 4.58 Å². The number of hydrogen-bond donors (Lipinski definition) is 0. The number of anilines is 1. The molecule has 0 aliphatic heterocycles. The van der Waals surface area contributed by atoms with Crippen molar-refractivity contribution >= 4 is 17.5 Å². The minimum Gasteiger partial charge on any atom is -0.493 e. The zero-order valence-corrected chi connectivity index (χ0v) is 57.0. The van der Waals surface area contributed by atoms with E-state index in [0.29, 0.717) is 26.4 Å². The molecule has 1 aromatic rings. The third kappa shape index (κ3) is 39.5. The molecule has 0 spiro atoms. The van der Waals surface area contributed by atoms with E-state index in [1.165, 1.54) is 294 Å². The topological polar surface area (TPSA) is 43.2 Å². The maximum atomic E-state index is 7.22. The molecule has 0 heterocycles. The predicted octanol–water partition coefficient (Wildman–Crippen LogP) is 24.8. The summed E-state index contributed by atoms with van der Waals surface area (Å²) < 4.78 is 31.6. The summed E-state index contributed by atoms with van der Waals surface area (Å²) >= 11 is 0. The molecule has 2 rings (SSSR count). The van der Waals surface area contributed by atoms with E-state index in [4.69, 9.17) is 18.9 Å². The molecule has 482 valence electrons. The van der Waals surface area contributed by atoms with Crippen molar-refractivity contribution in [1.29, 1.82) is 0 Å². The monoisotopic (exact) mass is 1160 g/mol. The molecule has 0 bridgehead atoms. The van der Waals surface area contributed by atoms with Gasteiger partial charge in [0.2, 0.25) is 5.71 Å². The number of allylic oxidation sites excluding steroid dienone is 2. The molecule has 0 amide bonds. The maximum absolute atomic E-state index is 7.22. The van der Waals surface area contributed by atoms with Gasteiger partial charge in [0.05, 0.1) is 49.7 Å². The van der Waals surface area contributed by atoms with E-state index < -0.39 is 0 Å². The molecule has 0 aromatic heterocycles. The van der Waals surface area contributed by atoms with Crippen LogP contribution in [0.2, 0.25) is 0 Å². The minimum absolute atomic E-state index is 0.704. The van der Waals surface area contributed by atoms with Gasteiger partial charge in [0.1, 0.15) is 36.1 Å². The lowest BCUT2D eigenvalue weighted by Gasteiger charge is -2.28. The summed E-state index contributed by atoms with van der Waals surface area (Å²) in [6, 6.07) is 4.83. The lowest BCUT2D eigenvalue weighted by atomic mass is 9.98. The van der Waals surface area contributed by atoms with Gasteiger partial charge in [0.25, 0.3) is 0 Å². The molecular weight excluding hydrogens is 1020 g/mol. The number of hydrogen-bond acceptors (Lipinski definition) is 5. The molecule has 6 heteroatoms. The van der Waals surface area contributed by atoms with Crippen molar-refractivity contribution < 1.29 is 23.5 Å². The number of ether oxygens (including phenoxy) is 4. The van der Waals surface area contributed by atoms with Crippen molar-refractivity contribution in [3.8, 4) is 11.5 Å². The molecule has 0 atom stereocenters. The van der Waals surface area contributed by atoms with Crippen LogP contribution in [-0.4, -0.2) is 62.9 Å². The second-order valence-electron chi connectivity index (χ2n) is 25.4. The number of rotatable bonds is 62. The largest absolute Gasteiger partial charge is 0.493 e. The van der Waals surface area contributed by atoms with Crippen LogP contribution in [0.1, 0.15) is 369 Å². The van der Waals surface area contributed by atoms with Crippen LogP contribution in [0.4, 0.5) is 5.69 Å². The van der Waals surface area contributed by atoms with E-state index in [2.05, 4.69) is 95.2 Å². The zero-order chi connectivity index (χ0) is 59.7. The Kier molecular flexibility index (Phi) is 52.2. The van der Waals surface area contributed by atoms with E-state index in [9.17, 15) is 0 Å². The smallest absolute Gasteiger partial charge is 0.207 e. The van der Waals surface area contributed by atoms with Gasteiger partial charge in [-0.15, -0.1) is 0 Å². The van der Waals surface area contributed by atoms with Gasteiger partial charge in [0, 0.05) is 43.8 Å². The molecule has 0 N–H and O–H groups in total. The van der Waals surface area contributed by atoms with Crippen LogP contribution in [0.15, 0.2) is 41.4 Å². The van der Waals surface area contributed by atoms with Gasteiger partial charge in [0.15, 0.2) is 0 Å². The highest BCUT2D eigenvalue weighted by atomic mass is 16.5. The second kappa shape index (κ2) is 56.9. The third-order valence-corrected chi connectivity index (χ3v) is 17.3. The van der Waals surface area contributed by atoms with Crippen molar-refractivity contribution in [2.45, 2.75) is 364 Å². The fourth-order valence-corrected chi connectivity index (χ4v) is 11.8. The molecule has 1 aromatic carbocycles. The van der Waals surface area contributed by atoms with Crippen molar-refractivity contribution in [3.63, 3.8) is 0 Å². The minimum atomic E-state index is 0.704. The quantitative estimate of drug-likeness (QED) is 0.0480. The molecule has 0 saturated heterocycles. The Morgan fingerprint density at radius 2 is 0.578 bits per heavy atom. The summed E-state index contributed by atoms with van der Waals surface area (Å²) in [5.41, 5.74) is 4.61. The molecule has 6 nitrogen and oxygen atoms in total. The lowest BCUT2D eigenvalue weighted by Crippen LogP contribution is -2.26. The Morgan fingerprint density at radius 1 is 0.313 bits per heavy atom. The Bertz CT molecular complexity index is 1630. The van der Waals surface area contributed by atoms with E-state index in [0.717, 1.165) is 86.0 Å². The number of nitrogens with zero attached hydrogens (tertiary/aromatic N) is 2. The highest BCUT2D eigenvalue weighted by Crippen LogP contribution is 2.40. The zero-order valence-electron chi connectivity index (χ0n) is 57.0. The molecule has 1 aliphatic carbocycles. The summed E-state index contributed by atoms with van der Waals surface area (Å²) in [7, 11) is 0. The first-order chi connectivity index (χ1) is 41.0. The van der Waals surface area contributed by atoms with E-state index in [-0.39, 0.29) is 0 Å². The molecule has 83 heavy (non-hydrogen) atoms. The Balaban J connectivity index is 3.02. The molecular formula is C77H141N2O4+. The summed E-state index contributed by atoms with van der Waals surface area (Å²) in [4.78, 5) is 2.71. The van der Waals surface area contributed by atoms with Crippen LogP contribution in [0.3, 0.4) is 0 Å². The van der Waals surface area contributed by atoms with Gasteiger partial charge >= 0.3 is 0 Å². The SMILES string of the molecule is CCCCCCCCOC1=CC(=[N+](CCCCCCCC)CCCCCCCC)C=C(OCCCCCCCC)C1=Cc1c(OCCCCCCCC)cc(N(CCCCCCCC)CCCCCCCC)cc1OCCCCCCCC. The molecule has 0 saturated carbocycles. The second-order valence-corrected chi connectivity index (χ2v) is 25.4. The summed E-state index contributed by atoms with van der Waals surface area (Å²) in [5, 5.41) is 0. The molecule has 1 aliphatic rings. The standard InChI is InChI=1S/C77H141N2O4/c1-9-17-25-33-41-49-57-78(58-50-42-34-26-18-10-2)70-65-74(80-61-53-45-37-29-21-13-5)72(75(66-70)81-62-54-46-38-30-22-14-6)69-73-76(82-63-55-47-39-31-23-15-7)67-71(68-77(73)83-64-56-48-40-32-24-16-8)79(59-51-43-35-27-19-11-3)60-52-44-36-28-20-12-4/h65-69H,9-64H2,1-8H3/q+1. The van der Waals surface area contributed by atoms with E-state index in [1.54, 1.807) is 0 Å². The first kappa shape index (κ1) is 76.2. The predicted molar refractivity (Wildman–Crippen MR) is 368 cm³/mol. The van der Waals surface area contributed by atoms with Crippen LogP contribution in [-0.2, 0) is 9.47 Å². The molecule has 0 radical (unpaired) electrons. The van der Waals surface area contributed by atoms with Gasteiger partial charge in [-0.1, -0.05) is 299 Å². The van der Waals surface area contributed by atoms with Crippen molar-refractivity contribution in [2.75, 3.05) is 57.5 Å². The summed E-state index contributed by atoms with van der Waals surface area (Å²) in [6.07, 6.45) is 68.1. The Labute approximate surface area is 518 Å². The summed E-state index contributed by atoms with van der Waals surface area (Å²) in [6.45, 7) is 25.7. The van der Waals surface area contributed by atoms with Gasteiger partial charge < -0.3 is 23.8 Å². The summed E-state index contributed by atoms with van der Waals surface area (Å²) in [5.74, 6) is 3.80.